The lowest BCUT2D eigenvalue weighted by atomic mass is 9.80. The minimum Gasteiger partial charge on any atom is -0.508 e. The minimum atomic E-state index is 0.0283. The third-order valence-electron chi connectivity index (χ3n) is 5.25. The largest absolute Gasteiger partial charge is 0.508 e. The summed E-state index contributed by atoms with van der Waals surface area (Å²) in [6.45, 7) is 1.59. The van der Waals surface area contributed by atoms with Crippen LogP contribution in [0, 0.1) is 5.92 Å². The van der Waals surface area contributed by atoms with Gasteiger partial charge in [-0.1, -0.05) is 30.7 Å². The molecule has 2 aromatic carbocycles. The number of ether oxygens (including phenoxy) is 1. The van der Waals surface area contributed by atoms with Crippen LogP contribution < -0.4 is 4.74 Å². The van der Waals surface area contributed by atoms with E-state index in [1.807, 2.05) is 36.4 Å². The zero-order valence-electron chi connectivity index (χ0n) is 13.2. The van der Waals surface area contributed by atoms with E-state index in [2.05, 4.69) is 0 Å². The Balaban J connectivity index is 1.72. The molecule has 2 aromatic rings. The van der Waals surface area contributed by atoms with E-state index in [1.54, 1.807) is 13.0 Å². The van der Waals surface area contributed by atoms with Gasteiger partial charge >= 0.3 is 0 Å². The molecule has 2 aliphatic rings. The molecule has 0 spiro atoms. The number of hydrogen-bond donors (Lipinski definition) is 1. The summed E-state index contributed by atoms with van der Waals surface area (Å²) in [6, 6.07) is 13.2. The van der Waals surface area contributed by atoms with Crippen molar-refractivity contribution in [3.63, 3.8) is 0 Å². The molecule has 0 amide bonds. The summed E-state index contributed by atoms with van der Waals surface area (Å²) in [5.41, 5.74) is 3.01. The molecule has 1 fully saturated rings. The fourth-order valence-electron chi connectivity index (χ4n) is 4.12. The van der Waals surface area contributed by atoms with Crippen molar-refractivity contribution in [1.29, 1.82) is 0 Å². The van der Waals surface area contributed by atoms with E-state index in [0.717, 1.165) is 35.3 Å². The maximum atomic E-state index is 11.5. The summed E-state index contributed by atoms with van der Waals surface area (Å²) < 4.78 is 6.29. The Morgan fingerprint density at radius 2 is 1.91 bits per heavy atom. The van der Waals surface area contributed by atoms with Crippen molar-refractivity contribution in [3.8, 4) is 11.5 Å². The van der Waals surface area contributed by atoms with Gasteiger partial charge < -0.3 is 9.84 Å². The number of phenols is 1. The molecule has 1 saturated carbocycles. The first-order chi connectivity index (χ1) is 11.1. The van der Waals surface area contributed by atoms with Crippen LogP contribution in [0.5, 0.6) is 11.5 Å². The minimum absolute atomic E-state index is 0.0283. The van der Waals surface area contributed by atoms with Crippen molar-refractivity contribution in [2.45, 2.75) is 38.2 Å². The highest BCUT2D eigenvalue weighted by atomic mass is 16.5. The standard InChI is InChI=1S/C20H20O3/c1-12(21)13-5-7-14(8-6-13)20-17-4-2-3-16(17)18-11-15(22)9-10-19(18)23-20/h5-11,16-17,20,22H,2-4H2,1H3/t16-,17+,20+/m0/s1. The van der Waals surface area contributed by atoms with Gasteiger partial charge in [0.15, 0.2) is 5.78 Å². The molecule has 3 atom stereocenters. The third kappa shape index (κ3) is 2.40. The maximum absolute atomic E-state index is 11.5. The number of carbonyl (C=O) groups excluding carboxylic acids is 1. The van der Waals surface area contributed by atoms with Gasteiger partial charge in [0.2, 0.25) is 0 Å². The smallest absolute Gasteiger partial charge is 0.159 e. The molecule has 1 heterocycles. The van der Waals surface area contributed by atoms with E-state index in [9.17, 15) is 9.90 Å². The number of ketones is 1. The van der Waals surface area contributed by atoms with E-state index >= 15 is 0 Å². The molecule has 1 N–H and O–H groups in total. The van der Waals surface area contributed by atoms with Crippen LogP contribution in [-0.4, -0.2) is 10.9 Å². The van der Waals surface area contributed by atoms with E-state index < -0.39 is 0 Å². The van der Waals surface area contributed by atoms with Crippen LogP contribution >= 0.6 is 0 Å². The highest BCUT2D eigenvalue weighted by molar-refractivity contribution is 5.94. The highest BCUT2D eigenvalue weighted by Crippen LogP contribution is 2.54. The number of benzene rings is 2. The van der Waals surface area contributed by atoms with Crippen molar-refractivity contribution in [2.75, 3.05) is 0 Å². The Hall–Kier alpha value is -2.29. The van der Waals surface area contributed by atoms with Gasteiger partial charge in [0.1, 0.15) is 17.6 Å². The summed E-state index contributed by atoms with van der Waals surface area (Å²) in [6.07, 6.45) is 3.50. The third-order valence-corrected chi connectivity index (χ3v) is 5.25. The number of fused-ring (bicyclic) bond motifs is 3. The first-order valence-electron chi connectivity index (χ1n) is 8.24. The molecule has 0 radical (unpaired) electrons. The number of Topliss-reactive ketones (excluding diaryl/α,β-unsaturated/α-hetero) is 1. The molecular weight excluding hydrogens is 288 g/mol. The molecular formula is C20H20O3. The van der Waals surface area contributed by atoms with Crippen LogP contribution in [0.2, 0.25) is 0 Å². The van der Waals surface area contributed by atoms with E-state index in [4.69, 9.17) is 4.74 Å². The predicted molar refractivity (Wildman–Crippen MR) is 88.0 cm³/mol. The number of aromatic hydroxyl groups is 1. The quantitative estimate of drug-likeness (QED) is 0.824. The van der Waals surface area contributed by atoms with Crippen molar-refractivity contribution >= 4 is 5.78 Å². The number of phenolic OH excluding ortho intramolecular Hbond substituents is 1. The summed E-state index contributed by atoms with van der Waals surface area (Å²) in [4.78, 5) is 11.5. The van der Waals surface area contributed by atoms with Crippen LogP contribution in [-0.2, 0) is 0 Å². The monoisotopic (exact) mass is 308 g/mol. The Morgan fingerprint density at radius 3 is 2.65 bits per heavy atom. The summed E-state index contributed by atoms with van der Waals surface area (Å²) in [5, 5.41) is 9.79. The highest BCUT2D eigenvalue weighted by Gasteiger charge is 2.41. The van der Waals surface area contributed by atoms with Crippen LogP contribution in [0.15, 0.2) is 42.5 Å². The molecule has 0 bridgehead atoms. The van der Waals surface area contributed by atoms with Crippen molar-refractivity contribution in [2.24, 2.45) is 5.92 Å². The first kappa shape index (κ1) is 14.3. The molecule has 0 unspecified atom stereocenters. The lowest BCUT2D eigenvalue weighted by Crippen LogP contribution is -2.26. The Labute approximate surface area is 135 Å². The fraction of sp³-hybridized carbons (Fsp3) is 0.350. The molecule has 3 heteroatoms. The average Bonchev–Trinajstić information content (AvgIpc) is 3.04. The lowest BCUT2D eigenvalue weighted by molar-refractivity contribution is 0.101. The van der Waals surface area contributed by atoms with Crippen molar-refractivity contribution in [3.05, 3.63) is 59.2 Å². The topological polar surface area (TPSA) is 46.5 Å². The van der Waals surface area contributed by atoms with Crippen LogP contribution in [0.1, 0.15) is 59.7 Å². The zero-order valence-corrected chi connectivity index (χ0v) is 13.2. The maximum Gasteiger partial charge on any atom is 0.159 e. The zero-order chi connectivity index (χ0) is 16.0. The SMILES string of the molecule is CC(=O)c1ccc([C@H]2Oc3ccc(O)cc3[C@H]3CCC[C@H]32)cc1. The van der Waals surface area contributed by atoms with Crippen LogP contribution in [0.25, 0.3) is 0 Å². The van der Waals surface area contributed by atoms with Crippen LogP contribution in [0.4, 0.5) is 0 Å². The van der Waals surface area contributed by atoms with Gasteiger partial charge in [-0.15, -0.1) is 0 Å². The molecule has 3 nitrogen and oxygen atoms in total. The van der Waals surface area contributed by atoms with Crippen molar-refractivity contribution in [1.82, 2.24) is 0 Å². The summed E-state index contributed by atoms with van der Waals surface area (Å²) >= 11 is 0. The Morgan fingerprint density at radius 1 is 1.13 bits per heavy atom. The Kier molecular flexibility index (Phi) is 3.37. The summed E-state index contributed by atoms with van der Waals surface area (Å²) in [7, 11) is 0. The van der Waals surface area contributed by atoms with Gasteiger partial charge in [-0.05, 0) is 49.4 Å². The van der Waals surface area contributed by atoms with Gasteiger partial charge in [0.05, 0.1) is 0 Å². The molecule has 23 heavy (non-hydrogen) atoms. The van der Waals surface area contributed by atoms with E-state index in [1.165, 1.54) is 6.42 Å². The average molecular weight is 308 g/mol. The second-order valence-corrected chi connectivity index (χ2v) is 6.64. The van der Waals surface area contributed by atoms with Gasteiger partial charge in [-0.25, -0.2) is 0 Å². The molecule has 1 aliphatic heterocycles. The van der Waals surface area contributed by atoms with Gasteiger partial charge in [0, 0.05) is 17.0 Å². The number of carbonyl (C=O) groups is 1. The van der Waals surface area contributed by atoms with E-state index in [-0.39, 0.29) is 11.9 Å². The summed E-state index contributed by atoms with van der Waals surface area (Å²) in [5.74, 6) is 2.16. The predicted octanol–water partition coefficient (Wildman–Crippen LogP) is 4.61. The second-order valence-electron chi connectivity index (χ2n) is 6.64. The fourth-order valence-corrected chi connectivity index (χ4v) is 4.12. The molecule has 1 aliphatic carbocycles. The molecule has 0 saturated heterocycles. The molecule has 0 aromatic heterocycles. The number of hydrogen-bond acceptors (Lipinski definition) is 3. The normalized spacial score (nSPS) is 25.3. The first-order valence-corrected chi connectivity index (χ1v) is 8.24. The van der Waals surface area contributed by atoms with Crippen molar-refractivity contribution < 1.29 is 14.6 Å². The molecule has 118 valence electrons. The van der Waals surface area contributed by atoms with E-state index in [0.29, 0.717) is 17.6 Å². The lowest BCUT2D eigenvalue weighted by Gasteiger charge is -2.36. The van der Waals surface area contributed by atoms with Gasteiger partial charge in [0.25, 0.3) is 0 Å². The Bertz CT molecular complexity index is 748. The van der Waals surface area contributed by atoms with Crippen LogP contribution in [0.3, 0.4) is 0 Å². The van der Waals surface area contributed by atoms with Gasteiger partial charge in [-0.2, -0.15) is 0 Å². The number of rotatable bonds is 2. The second kappa shape index (κ2) is 5.41. The van der Waals surface area contributed by atoms with Gasteiger partial charge in [-0.3, -0.25) is 4.79 Å². The molecule has 4 rings (SSSR count).